The van der Waals surface area contributed by atoms with Crippen molar-refractivity contribution in [2.24, 2.45) is 5.73 Å². The van der Waals surface area contributed by atoms with Crippen LogP contribution in [0.5, 0.6) is 0 Å². The van der Waals surface area contributed by atoms with Gasteiger partial charge in [-0.25, -0.2) is 0 Å². The molecule has 4 heteroatoms. The molecule has 82 valence electrons. The normalized spacial score (nSPS) is 29.6. The molecule has 0 saturated heterocycles. The zero-order valence-electron chi connectivity index (χ0n) is 8.70. The van der Waals surface area contributed by atoms with E-state index in [0.717, 1.165) is 19.3 Å². The number of carbonyl (C=O) groups is 1. The van der Waals surface area contributed by atoms with E-state index in [-0.39, 0.29) is 24.1 Å². The Morgan fingerprint density at radius 2 is 2.36 bits per heavy atom. The summed E-state index contributed by atoms with van der Waals surface area (Å²) in [5.74, 6) is -0.000833. The average molecular weight is 200 g/mol. The third-order valence-corrected chi connectivity index (χ3v) is 2.52. The zero-order chi connectivity index (χ0) is 10.6. The molecule has 1 fully saturated rings. The van der Waals surface area contributed by atoms with Gasteiger partial charge in [-0.3, -0.25) is 4.79 Å². The summed E-state index contributed by atoms with van der Waals surface area (Å²) in [7, 11) is 0. The molecule has 14 heavy (non-hydrogen) atoms. The van der Waals surface area contributed by atoms with E-state index in [1.165, 1.54) is 0 Å². The minimum absolute atomic E-state index is 0.000833. The van der Waals surface area contributed by atoms with E-state index in [2.05, 4.69) is 5.32 Å². The van der Waals surface area contributed by atoms with Crippen molar-refractivity contribution in [1.82, 2.24) is 5.32 Å². The molecule has 0 spiro atoms. The Morgan fingerprint density at radius 3 is 2.93 bits per heavy atom. The van der Waals surface area contributed by atoms with Crippen molar-refractivity contribution in [3.05, 3.63) is 0 Å². The third kappa shape index (κ3) is 4.07. The van der Waals surface area contributed by atoms with Crippen LogP contribution in [0.3, 0.4) is 0 Å². The summed E-state index contributed by atoms with van der Waals surface area (Å²) in [6.45, 7) is 1.81. The van der Waals surface area contributed by atoms with Crippen LogP contribution in [0.15, 0.2) is 0 Å². The molecule has 0 aliphatic heterocycles. The van der Waals surface area contributed by atoms with Crippen LogP contribution in [0.1, 0.15) is 39.0 Å². The number of nitrogens with two attached hydrogens (primary N) is 1. The first-order chi connectivity index (χ1) is 6.58. The Bertz CT molecular complexity index is 195. The fourth-order valence-corrected chi connectivity index (χ4v) is 1.87. The quantitative estimate of drug-likeness (QED) is 0.606. The molecular formula is C10H20N2O2. The number of hydrogen-bond donors (Lipinski definition) is 3. The molecular weight excluding hydrogens is 180 g/mol. The molecule has 0 radical (unpaired) electrons. The summed E-state index contributed by atoms with van der Waals surface area (Å²) < 4.78 is 0. The third-order valence-electron chi connectivity index (χ3n) is 2.52. The highest BCUT2D eigenvalue weighted by Crippen LogP contribution is 2.18. The van der Waals surface area contributed by atoms with Crippen LogP contribution < -0.4 is 11.1 Å². The lowest BCUT2D eigenvalue weighted by Crippen LogP contribution is -2.41. The average Bonchev–Trinajstić information content (AvgIpc) is 2.01. The lowest BCUT2D eigenvalue weighted by atomic mass is 9.93. The smallest absolute Gasteiger partial charge is 0.221 e. The Balaban J connectivity index is 2.25. The maximum absolute atomic E-state index is 11.4. The molecule has 4 nitrogen and oxygen atoms in total. The van der Waals surface area contributed by atoms with Crippen LogP contribution in [0, 0.1) is 0 Å². The van der Waals surface area contributed by atoms with Gasteiger partial charge in [-0.2, -0.15) is 0 Å². The fourth-order valence-electron chi connectivity index (χ4n) is 1.87. The van der Waals surface area contributed by atoms with E-state index in [4.69, 9.17) is 5.73 Å². The van der Waals surface area contributed by atoms with Gasteiger partial charge in [0, 0.05) is 18.5 Å². The van der Waals surface area contributed by atoms with Gasteiger partial charge < -0.3 is 16.2 Å². The van der Waals surface area contributed by atoms with E-state index >= 15 is 0 Å². The van der Waals surface area contributed by atoms with E-state index < -0.39 is 0 Å². The number of aliphatic hydroxyl groups excluding tert-OH is 1. The first-order valence-corrected chi connectivity index (χ1v) is 5.31. The monoisotopic (exact) mass is 200 g/mol. The summed E-state index contributed by atoms with van der Waals surface area (Å²) >= 11 is 0. The van der Waals surface area contributed by atoms with Crippen LogP contribution in [0.2, 0.25) is 0 Å². The highest BCUT2D eigenvalue weighted by molar-refractivity contribution is 5.76. The minimum atomic E-state index is -0.246. The topological polar surface area (TPSA) is 75.4 Å². The predicted octanol–water partition coefficient (Wildman–Crippen LogP) is 0.143. The summed E-state index contributed by atoms with van der Waals surface area (Å²) in [6, 6.07) is 0.0496. The number of nitrogens with one attached hydrogen (secondary N) is 1. The highest BCUT2D eigenvalue weighted by Gasteiger charge is 2.21. The second-order valence-electron chi connectivity index (χ2n) is 4.27. The van der Waals surface area contributed by atoms with Crippen LogP contribution >= 0.6 is 0 Å². The molecule has 1 aliphatic carbocycles. The van der Waals surface area contributed by atoms with Gasteiger partial charge in [0.25, 0.3) is 0 Å². The number of aliphatic hydroxyl groups is 1. The van der Waals surface area contributed by atoms with Crippen molar-refractivity contribution < 1.29 is 9.90 Å². The molecule has 1 saturated carbocycles. The summed E-state index contributed by atoms with van der Waals surface area (Å²) in [4.78, 5) is 11.4. The minimum Gasteiger partial charge on any atom is -0.393 e. The molecule has 1 amide bonds. The number of hydrogen-bond acceptors (Lipinski definition) is 3. The van der Waals surface area contributed by atoms with Gasteiger partial charge in [-0.05, 0) is 32.6 Å². The van der Waals surface area contributed by atoms with Crippen LogP contribution in [0.4, 0.5) is 0 Å². The Hall–Kier alpha value is -0.610. The molecule has 3 atom stereocenters. The zero-order valence-corrected chi connectivity index (χ0v) is 8.70. The first-order valence-electron chi connectivity index (χ1n) is 5.31. The highest BCUT2D eigenvalue weighted by atomic mass is 16.3. The van der Waals surface area contributed by atoms with Gasteiger partial charge in [0.1, 0.15) is 0 Å². The standard InChI is InChI=1S/C10H20N2O2/c1-7(11)5-10(14)12-8-3-2-4-9(13)6-8/h7-9,13H,2-6,11H2,1H3,(H,12,14). The van der Waals surface area contributed by atoms with Crippen molar-refractivity contribution in [2.45, 2.75) is 57.2 Å². The Labute approximate surface area is 84.9 Å². The lowest BCUT2D eigenvalue weighted by Gasteiger charge is -2.26. The van der Waals surface area contributed by atoms with Gasteiger partial charge in [0.15, 0.2) is 0 Å². The second-order valence-corrected chi connectivity index (χ2v) is 4.27. The molecule has 0 heterocycles. The number of carbonyl (C=O) groups excluding carboxylic acids is 1. The Morgan fingerprint density at radius 1 is 1.64 bits per heavy atom. The molecule has 4 N–H and O–H groups in total. The summed E-state index contributed by atoms with van der Waals surface area (Å²) in [5.41, 5.74) is 5.52. The van der Waals surface area contributed by atoms with Crippen LogP contribution in [0.25, 0.3) is 0 Å². The maximum Gasteiger partial charge on any atom is 0.221 e. The molecule has 0 aromatic carbocycles. The van der Waals surface area contributed by atoms with E-state index in [1.54, 1.807) is 0 Å². The SMILES string of the molecule is CC(N)CC(=O)NC1CCCC(O)C1. The van der Waals surface area contributed by atoms with Crippen LogP contribution in [-0.4, -0.2) is 29.2 Å². The molecule has 1 aliphatic rings. The van der Waals surface area contributed by atoms with Crippen molar-refractivity contribution in [3.8, 4) is 0 Å². The van der Waals surface area contributed by atoms with Crippen molar-refractivity contribution in [3.63, 3.8) is 0 Å². The fraction of sp³-hybridized carbons (Fsp3) is 0.900. The van der Waals surface area contributed by atoms with Crippen molar-refractivity contribution >= 4 is 5.91 Å². The van der Waals surface area contributed by atoms with Gasteiger partial charge in [0.2, 0.25) is 5.91 Å². The van der Waals surface area contributed by atoms with E-state index in [0.29, 0.717) is 12.8 Å². The largest absolute Gasteiger partial charge is 0.393 e. The first kappa shape index (κ1) is 11.5. The number of amides is 1. The predicted molar refractivity (Wildman–Crippen MR) is 54.7 cm³/mol. The molecule has 0 aromatic heterocycles. The van der Waals surface area contributed by atoms with Gasteiger partial charge in [-0.1, -0.05) is 0 Å². The van der Waals surface area contributed by atoms with Gasteiger partial charge in [0.05, 0.1) is 6.10 Å². The van der Waals surface area contributed by atoms with Crippen molar-refractivity contribution in [1.29, 1.82) is 0 Å². The van der Waals surface area contributed by atoms with E-state index in [1.807, 2.05) is 6.92 Å². The van der Waals surface area contributed by atoms with Crippen LogP contribution in [-0.2, 0) is 4.79 Å². The molecule has 1 rings (SSSR count). The summed E-state index contributed by atoms with van der Waals surface area (Å²) in [6.07, 6.45) is 3.63. The molecule has 0 bridgehead atoms. The van der Waals surface area contributed by atoms with Gasteiger partial charge in [-0.15, -0.1) is 0 Å². The van der Waals surface area contributed by atoms with E-state index in [9.17, 15) is 9.90 Å². The summed E-state index contributed by atoms with van der Waals surface area (Å²) in [5, 5.41) is 12.3. The molecule has 0 aromatic rings. The molecule has 3 unspecified atom stereocenters. The second kappa shape index (κ2) is 5.32. The Kier molecular flexibility index (Phi) is 4.35. The van der Waals surface area contributed by atoms with Crippen molar-refractivity contribution in [2.75, 3.05) is 0 Å². The lowest BCUT2D eigenvalue weighted by molar-refractivity contribution is -0.122. The number of rotatable bonds is 3. The van der Waals surface area contributed by atoms with Gasteiger partial charge >= 0.3 is 0 Å². The maximum atomic E-state index is 11.4.